The Morgan fingerprint density at radius 1 is 1.00 bits per heavy atom. The molecule has 3 aromatic carbocycles. The first-order valence-electron chi connectivity index (χ1n) is 14.6. The number of benzene rings is 3. The summed E-state index contributed by atoms with van der Waals surface area (Å²) < 4.78 is 48.9. The summed E-state index contributed by atoms with van der Waals surface area (Å²) in [4.78, 5) is 28.9. The minimum absolute atomic E-state index is 0.0405. The Balaban J connectivity index is 1.74. The lowest BCUT2D eigenvalue weighted by atomic mass is 9.86. The van der Waals surface area contributed by atoms with Crippen molar-refractivity contribution < 1.29 is 37.0 Å². The van der Waals surface area contributed by atoms with Gasteiger partial charge in [0.25, 0.3) is 5.91 Å². The Labute approximate surface area is 264 Å². The lowest BCUT2D eigenvalue weighted by Crippen LogP contribution is -2.38. The van der Waals surface area contributed by atoms with Gasteiger partial charge in [-0.15, -0.1) is 0 Å². The van der Waals surface area contributed by atoms with Crippen molar-refractivity contribution in [3.63, 3.8) is 0 Å². The van der Waals surface area contributed by atoms with E-state index in [-0.39, 0.29) is 22.7 Å². The van der Waals surface area contributed by atoms with Crippen LogP contribution in [0.15, 0.2) is 54.6 Å². The molecule has 1 heterocycles. The summed E-state index contributed by atoms with van der Waals surface area (Å²) in [7, 11) is -1.06. The summed E-state index contributed by atoms with van der Waals surface area (Å²) >= 11 is 0. The predicted molar refractivity (Wildman–Crippen MR) is 175 cm³/mol. The first-order chi connectivity index (χ1) is 21.3. The number of anilines is 2. The molecule has 1 amide bonds. The van der Waals surface area contributed by atoms with Crippen LogP contribution in [0.2, 0.25) is 0 Å². The highest BCUT2D eigenvalue weighted by molar-refractivity contribution is 7.92. The molecule has 0 unspecified atom stereocenters. The highest BCUT2D eigenvalue weighted by atomic mass is 32.2. The van der Waals surface area contributed by atoms with Gasteiger partial charge in [0.2, 0.25) is 10.0 Å². The van der Waals surface area contributed by atoms with E-state index in [9.17, 15) is 18.0 Å². The summed E-state index contributed by atoms with van der Waals surface area (Å²) in [6, 6.07) is 14.4. The number of hydrogen-bond acceptors (Lipinski definition) is 9. The lowest BCUT2D eigenvalue weighted by Gasteiger charge is -2.26. The minimum atomic E-state index is -3.67. The monoisotopic (exact) mass is 639 g/mol. The molecule has 0 bridgehead atoms. The number of nitrogens with zero attached hydrogens (tertiary/aromatic N) is 1. The van der Waals surface area contributed by atoms with Crippen LogP contribution in [0.25, 0.3) is 16.3 Å². The second kappa shape index (κ2) is 14.3. The molecule has 1 aliphatic heterocycles. The predicted octanol–water partition coefficient (Wildman–Crippen LogP) is 4.42. The molecule has 3 aromatic rings. The van der Waals surface area contributed by atoms with E-state index >= 15 is 0 Å². The molecule has 0 aromatic heterocycles. The molecule has 4 rings (SSSR count). The molecule has 1 aliphatic rings. The van der Waals surface area contributed by atoms with E-state index < -0.39 is 27.3 Å². The maximum Gasteiger partial charge on any atom is 0.331 e. The van der Waals surface area contributed by atoms with Crippen LogP contribution in [0.4, 0.5) is 11.4 Å². The van der Waals surface area contributed by atoms with Crippen molar-refractivity contribution in [3.05, 3.63) is 65.7 Å². The average molecular weight is 640 g/mol. The van der Waals surface area contributed by atoms with Crippen molar-refractivity contribution in [1.82, 2.24) is 4.90 Å². The maximum absolute atomic E-state index is 14.0. The van der Waals surface area contributed by atoms with E-state index in [0.29, 0.717) is 36.5 Å². The molecule has 45 heavy (non-hydrogen) atoms. The first-order valence-corrected chi connectivity index (χ1v) is 16.5. The van der Waals surface area contributed by atoms with E-state index in [1.165, 1.54) is 14.2 Å². The number of fused-ring (bicyclic) bond motifs is 1. The number of nitrogens with one attached hydrogen (secondary N) is 2. The largest absolute Gasteiger partial charge is 0.492 e. The van der Waals surface area contributed by atoms with Gasteiger partial charge in [-0.2, -0.15) is 0 Å². The van der Waals surface area contributed by atoms with Gasteiger partial charge in [0.1, 0.15) is 12.4 Å². The van der Waals surface area contributed by atoms with Crippen molar-refractivity contribution in [1.29, 1.82) is 0 Å². The number of hydrogen-bond donors (Lipinski definition) is 2. The van der Waals surface area contributed by atoms with Crippen molar-refractivity contribution in [2.75, 3.05) is 70.0 Å². The van der Waals surface area contributed by atoms with Gasteiger partial charge >= 0.3 is 5.97 Å². The molecule has 1 fully saturated rings. The molecule has 2 N–H and O–H groups in total. The number of methoxy groups -OCH3 is 2. The summed E-state index contributed by atoms with van der Waals surface area (Å²) in [5, 5.41) is 4.32. The van der Waals surface area contributed by atoms with Crippen LogP contribution in [0, 0.1) is 0 Å². The Hall–Kier alpha value is -4.13. The van der Waals surface area contributed by atoms with Crippen molar-refractivity contribution in [2.45, 2.75) is 26.2 Å². The van der Waals surface area contributed by atoms with Crippen LogP contribution in [-0.2, 0) is 34.5 Å². The third-order valence-corrected chi connectivity index (χ3v) is 7.94. The molecule has 0 atom stereocenters. The van der Waals surface area contributed by atoms with Crippen molar-refractivity contribution >= 4 is 49.6 Å². The lowest BCUT2D eigenvalue weighted by molar-refractivity contribution is -0.134. The van der Waals surface area contributed by atoms with Gasteiger partial charge in [-0.25, -0.2) is 13.2 Å². The van der Waals surface area contributed by atoms with E-state index in [4.69, 9.17) is 18.9 Å². The zero-order valence-corrected chi connectivity index (χ0v) is 27.4. The topological polar surface area (TPSA) is 132 Å². The standard InChI is InChI=1S/C33H41N3O8S/c1-33(2,3)22-19-27(31(42-5)28(20-22)35-45(6,39)40)34-32(38)26(21-30(37)41-4)24-11-12-29(25-10-8-7-9-23(24)25)44-18-15-36-13-16-43-17-14-36/h7-12,19-21,35H,13-18H2,1-6H3,(H,34,38)/b26-21+. The molecule has 0 saturated carbocycles. The Kier molecular flexibility index (Phi) is 10.7. The van der Waals surface area contributed by atoms with Gasteiger partial charge in [0.15, 0.2) is 5.75 Å². The van der Waals surface area contributed by atoms with E-state index in [1.807, 2.05) is 45.0 Å². The fourth-order valence-corrected chi connectivity index (χ4v) is 5.57. The zero-order valence-electron chi connectivity index (χ0n) is 26.6. The van der Waals surface area contributed by atoms with Gasteiger partial charge in [-0.3, -0.25) is 14.4 Å². The normalized spacial score (nSPS) is 14.6. The highest BCUT2D eigenvalue weighted by Crippen LogP contribution is 2.40. The fraction of sp³-hybridized carbons (Fsp3) is 0.394. The molecule has 0 aliphatic carbocycles. The smallest absolute Gasteiger partial charge is 0.331 e. The number of morpholine rings is 1. The van der Waals surface area contributed by atoms with Crippen LogP contribution in [-0.4, -0.2) is 85.1 Å². The van der Waals surface area contributed by atoms with Crippen molar-refractivity contribution in [2.24, 2.45) is 0 Å². The van der Waals surface area contributed by atoms with E-state index in [2.05, 4.69) is 14.9 Å². The number of carbonyl (C=O) groups excluding carboxylic acids is 2. The first kappa shape index (κ1) is 33.8. The van der Waals surface area contributed by atoms with Gasteiger partial charge < -0.3 is 24.3 Å². The fourth-order valence-electron chi connectivity index (χ4n) is 5.02. The van der Waals surface area contributed by atoms with E-state index in [1.54, 1.807) is 24.3 Å². The maximum atomic E-state index is 14.0. The molecule has 0 spiro atoms. The summed E-state index contributed by atoms with van der Waals surface area (Å²) in [5.41, 5.74) is 1.26. The Bertz CT molecular complexity index is 1690. The van der Waals surface area contributed by atoms with Gasteiger partial charge in [0, 0.05) is 31.1 Å². The second-order valence-electron chi connectivity index (χ2n) is 11.7. The Morgan fingerprint density at radius 2 is 1.67 bits per heavy atom. The second-order valence-corrected chi connectivity index (χ2v) is 13.5. The molecular formula is C33H41N3O8S. The van der Waals surface area contributed by atoms with Crippen molar-refractivity contribution in [3.8, 4) is 11.5 Å². The molecule has 1 saturated heterocycles. The number of esters is 1. The van der Waals surface area contributed by atoms with Crippen LogP contribution in [0.3, 0.4) is 0 Å². The minimum Gasteiger partial charge on any atom is -0.492 e. The van der Waals surface area contributed by atoms with Gasteiger partial charge in [0.05, 0.1) is 50.6 Å². The van der Waals surface area contributed by atoms with Gasteiger partial charge in [-0.05, 0) is 46.2 Å². The van der Waals surface area contributed by atoms with Gasteiger partial charge in [-0.1, -0.05) is 45.0 Å². The van der Waals surface area contributed by atoms with Crippen LogP contribution < -0.4 is 19.5 Å². The SMILES string of the molecule is COC(=O)/C=C(/C(=O)Nc1cc(C(C)(C)C)cc(NS(C)(=O)=O)c1OC)c1ccc(OCCN2CCOCC2)c2ccccc12. The van der Waals surface area contributed by atoms with Crippen LogP contribution in [0.1, 0.15) is 31.9 Å². The summed E-state index contributed by atoms with van der Waals surface area (Å²) in [5.74, 6) is -0.573. The molecule has 12 heteroatoms. The molecule has 0 radical (unpaired) electrons. The molecule has 242 valence electrons. The van der Waals surface area contributed by atoms with E-state index in [0.717, 1.165) is 42.9 Å². The number of carbonyl (C=O) groups is 2. The summed E-state index contributed by atoms with van der Waals surface area (Å²) in [6.45, 7) is 10.2. The zero-order chi connectivity index (χ0) is 32.8. The third kappa shape index (κ3) is 8.74. The average Bonchev–Trinajstić information content (AvgIpc) is 2.99. The summed E-state index contributed by atoms with van der Waals surface area (Å²) in [6.07, 6.45) is 2.17. The number of ether oxygens (including phenoxy) is 4. The number of rotatable bonds is 11. The highest BCUT2D eigenvalue weighted by Gasteiger charge is 2.25. The number of amides is 1. The molecule has 11 nitrogen and oxygen atoms in total. The number of sulfonamides is 1. The third-order valence-electron chi connectivity index (χ3n) is 7.35. The Morgan fingerprint density at radius 3 is 2.29 bits per heavy atom. The quantitative estimate of drug-likeness (QED) is 0.231. The van der Waals surface area contributed by atoms with Crippen LogP contribution in [0.5, 0.6) is 11.5 Å². The molecular weight excluding hydrogens is 598 g/mol. The van der Waals surface area contributed by atoms with Crippen LogP contribution >= 0.6 is 0 Å².